The smallest absolute Gasteiger partial charge is 0.172 e. The molecule has 0 nitrogen and oxygen atoms in total. The van der Waals surface area contributed by atoms with Gasteiger partial charge in [-0.15, -0.1) is 0 Å². The lowest BCUT2D eigenvalue weighted by atomic mass is 9.37. The largest absolute Gasteiger partial charge is 0.382 e. The predicted molar refractivity (Wildman–Crippen MR) is 104 cm³/mol. The highest BCUT2D eigenvalue weighted by molar-refractivity contribution is 6.59. The number of allylic oxidation sites excluding steroid dienone is 1. The van der Waals surface area contributed by atoms with E-state index in [4.69, 9.17) is 0 Å². The molecule has 136 valence electrons. The summed E-state index contributed by atoms with van der Waals surface area (Å²) in [5.74, 6) is 0. The highest BCUT2D eigenvalue weighted by atomic mass is 19.4. The lowest BCUT2D eigenvalue weighted by molar-refractivity contribution is -0.110. The third kappa shape index (κ3) is 3.22. The molecule has 0 N–H and O–H groups in total. The van der Waals surface area contributed by atoms with Gasteiger partial charge in [0.2, 0.25) is 0 Å². The fourth-order valence-corrected chi connectivity index (χ4v) is 4.62. The molecule has 2 aromatic rings. The monoisotopic (exact) mass is 356 g/mol. The number of halogens is 3. The molecule has 0 saturated heterocycles. The molecule has 0 spiro atoms. The maximum Gasteiger partial charge on any atom is 0.382 e. The predicted octanol–water partition coefficient (Wildman–Crippen LogP) is 7.00. The second-order valence-corrected chi connectivity index (χ2v) is 7.45. The molecule has 0 radical (unpaired) electrons. The summed E-state index contributed by atoms with van der Waals surface area (Å²) in [6, 6.07) is 16.2. The van der Waals surface area contributed by atoms with Gasteiger partial charge in [-0.3, -0.25) is 0 Å². The van der Waals surface area contributed by atoms with Crippen molar-refractivity contribution >= 4 is 6.71 Å². The zero-order valence-electron chi connectivity index (χ0n) is 15.4. The molecule has 0 heterocycles. The van der Waals surface area contributed by atoms with Gasteiger partial charge in [0.15, 0.2) is 6.71 Å². The van der Waals surface area contributed by atoms with Gasteiger partial charge in [-0.2, -0.15) is 13.2 Å². The van der Waals surface area contributed by atoms with Crippen LogP contribution in [-0.2, 0) is 5.41 Å². The fraction of sp³-hybridized carbons (Fsp3) is 0.364. The molecule has 3 rings (SSSR count). The molecule has 0 bridgehead atoms. The molecule has 0 fully saturated rings. The molecule has 1 aliphatic carbocycles. The van der Waals surface area contributed by atoms with Crippen LogP contribution in [-0.4, -0.2) is 12.9 Å². The summed E-state index contributed by atoms with van der Waals surface area (Å²) in [7, 11) is 0. The zero-order chi connectivity index (χ0) is 18.9. The molecule has 1 aliphatic rings. The summed E-state index contributed by atoms with van der Waals surface area (Å²) < 4.78 is 39.6. The maximum atomic E-state index is 13.2. The summed E-state index contributed by atoms with van der Waals surface area (Å²) in [6.45, 7) is 7.72. The van der Waals surface area contributed by atoms with Crippen LogP contribution in [0, 0.1) is 0 Å². The van der Waals surface area contributed by atoms with E-state index < -0.39 is 24.6 Å². The maximum absolute atomic E-state index is 13.2. The van der Waals surface area contributed by atoms with Gasteiger partial charge in [0.05, 0.1) is 0 Å². The molecule has 0 saturated carbocycles. The molecule has 0 amide bonds. The Morgan fingerprint density at radius 2 is 1.50 bits per heavy atom. The molecular formula is C22H24BF3. The van der Waals surface area contributed by atoms with Crippen LogP contribution in [0.3, 0.4) is 0 Å². The molecular weight excluding hydrogens is 332 g/mol. The highest BCUT2D eigenvalue weighted by Crippen LogP contribution is 2.55. The minimum absolute atomic E-state index is 0.420. The van der Waals surface area contributed by atoms with E-state index in [9.17, 15) is 13.2 Å². The summed E-state index contributed by atoms with van der Waals surface area (Å²) in [5.41, 5.74) is 4.80. The Balaban J connectivity index is 2.15. The second kappa shape index (κ2) is 6.98. The summed E-state index contributed by atoms with van der Waals surface area (Å²) in [5, 5.41) is 0. The summed E-state index contributed by atoms with van der Waals surface area (Å²) in [6.07, 6.45) is -3.12. The highest BCUT2D eigenvalue weighted by Gasteiger charge is 2.47. The topological polar surface area (TPSA) is 0 Å². The lowest BCUT2D eigenvalue weighted by Gasteiger charge is -2.36. The van der Waals surface area contributed by atoms with Crippen molar-refractivity contribution in [1.82, 2.24) is 0 Å². The third-order valence-electron chi connectivity index (χ3n) is 5.60. The van der Waals surface area contributed by atoms with Gasteiger partial charge >= 0.3 is 6.18 Å². The van der Waals surface area contributed by atoms with E-state index in [0.29, 0.717) is 12.6 Å². The quantitative estimate of drug-likeness (QED) is 0.386. The van der Waals surface area contributed by atoms with Crippen molar-refractivity contribution < 1.29 is 13.2 Å². The minimum Gasteiger partial charge on any atom is -0.172 e. The van der Waals surface area contributed by atoms with Crippen molar-refractivity contribution in [3.05, 3.63) is 71.8 Å². The molecule has 26 heavy (non-hydrogen) atoms. The average molecular weight is 356 g/mol. The van der Waals surface area contributed by atoms with Gasteiger partial charge in [0, 0.05) is 11.7 Å². The minimum atomic E-state index is -4.15. The van der Waals surface area contributed by atoms with Crippen LogP contribution in [0.2, 0.25) is 19.0 Å². The molecule has 0 unspecified atom stereocenters. The van der Waals surface area contributed by atoms with Crippen molar-refractivity contribution in [1.29, 1.82) is 0 Å². The van der Waals surface area contributed by atoms with Gasteiger partial charge in [-0.05, 0) is 29.2 Å². The Hall–Kier alpha value is -1.97. The third-order valence-corrected chi connectivity index (χ3v) is 5.60. The van der Waals surface area contributed by atoms with E-state index in [2.05, 4.69) is 30.8 Å². The Labute approximate surface area is 154 Å². The Kier molecular flexibility index (Phi) is 5.05. The van der Waals surface area contributed by atoms with Crippen molar-refractivity contribution in [2.45, 2.75) is 50.8 Å². The number of benzene rings is 2. The molecule has 4 heteroatoms. The zero-order valence-corrected chi connectivity index (χ0v) is 15.4. The van der Waals surface area contributed by atoms with Crippen LogP contribution in [0.25, 0.3) is 11.1 Å². The first kappa shape index (κ1) is 18.8. The van der Waals surface area contributed by atoms with Crippen LogP contribution in [0.1, 0.15) is 31.4 Å². The number of hydrogen-bond donors (Lipinski definition) is 0. The van der Waals surface area contributed by atoms with Gasteiger partial charge in [0.1, 0.15) is 0 Å². The van der Waals surface area contributed by atoms with Gasteiger partial charge in [-0.25, -0.2) is 0 Å². The van der Waals surface area contributed by atoms with E-state index in [-0.39, 0.29) is 0 Å². The van der Waals surface area contributed by atoms with E-state index >= 15 is 0 Å². The van der Waals surface area contributed by atoms with Crippen LogP contribution in [0.4, 0.5) is 13.2 Å². The standard InChI is InChI=1S/C22H24BF3/c1-4-13-23(15-22(24,25)26)14-21(16(2)3)19-11-7-5-9-17(19)18-10-6-8-12-20(18)21/h5-12H,2,4,13-15H2,1,3H3. The normalized spacial score (nSPS) is 14.7. The van der Waals surface area contributed by atoms with E-state index in [1.54, 1.807) is 0 Å². The fourth-order valence-electron chi connectivity index (χ4n) is 4.62. The first-order chi connectivity index (χ1) is 12.3. The van der Waals surface area contributed by atoms with Crippen molar-refractivity contribution in [2.24, 2.45) is 0 Å². The van der Waals surface area contributed by atoms with Crippen LogP contribution < -0.4 is 0 Å². The number of alkyl halides is 3. The first-order valence-electron chi connectivity index (χ1n) is 9.21. The second-order valence-electron chi connectivity index (χ2n) is 7.45. The van der Waals surface area contributed by atoms with Crippen LogP contribution in [0.5, 0.6) is 0 Å². The van der Waals surface area contributed by atoms with E-state index in [1.807, 2.05) is 38.1 Å². The van der Waals surface area contributed by atoms with Crippen LogP contribution >= 0.6 is 0 Å². The molecule has 0 atom stereocenters. The Bertz CT molecular complexity index is 762. The summed E-state index contributed by atoms with van der Waals surface area (Å²) >= 11 is 0. The van der Waals surface area contributed by atoms with Crippen molar-refractivity contribution in [3.8, 4) is 11.1 Å². The number of hydrogen-bond acceptors (Lipinski definition) is 0. The van der Waals surface area contributed by atoms with Gasteiger partial charge in [0.25, 0.3) is 0 Å². The summed E-state index contributed by atoms with van der Waals surface area (Å²) in [4.78, 5) is 0. The first-order valence-corrected chi connectivity index (χ1v) is 9.21. The SMILES string of the molecule is C=C(C)C1(CB(CCC)CC(F)(F)F)c2ccccc2-c2ccccc21. The number of fused-ring (bicyclic) bond motifs is 3. The molecule has 0 aliphatic heterocycles. The van der Waals surface area contributed by atoms with Crippen molar-refractivity contribution in [3.63, 3.8) is 0 Å². The van der Waals surface area contributed by atoms with E-state index in [1.165, 1.54) is 0 Å². The van der Waals surface area contributed by atoms with Crippen molar-refractivity contribution in [2.75, 3.05) is 0 Å². The molecule has 2 aromatic carbocycles. The van der Waals surface area contributed by atoms with Crippen LogP contribution in [0.15, 0.2) is 60.7 Å². The van der Waals surface area contributed by atoms with E-state index in [0.717, 1.165) is 34.2 Å². The van der Waals surface area contributed by atoms with Gasteiger partial charge < -0.3 is 0 Å². The average Bonchev–Trinajstić information content (AvgIpc) is 2.86. The molecule has 0 aromatic heterocycles. The Morgan fingerprint density at radius 3 is 1.92 bits per heavy atom. The lowest BCUT2D eigenvalue weighted by Crippen LogP contribution is -2.35. The van der Waals surface area contributed by atoms with Gasteiger partial charge in [-0.1, -0.05) is 86.7 Å². The number of rotatable bonds is 6. The Morgan fingerprint density at radius 1 is 1.00 bits per heavy atom.